The van der Waals surface area contributed by atoms with Crippen LogP contribution in [0.5, 0.6) is 0 Å². The fourth-order valence-electron chi connectivity index (χ4n) is 3.60. The summed E-state index contributed by atoms with van der Waals surface area (Å²) in [6, 6.07) is 0. The number of nitrogens with one attached hydrogen (secondary N) is 1. The molecule has 0 radical (unpaired) electrons. The van der Waals surface area contributed by atoms with Crippen molar-refractivity contribution in [1.29, 1.82) is 0 Å². The zero-order valence-corrected chi connectivity index (χ0v) is 15.4. The molecule has 3 rings (SSSR count). The summed E-state index contributed by atoms with van der Waals surface area (Å²) in [6.45, 7) is 10.2. The van der Waals surface area contributed by atoms with E-state index in [1.165, 1.54) is 11.1 Å². The van der Waals surface area contributed by atoms with Gasteiger partial charge in [-0.3, -0.25) is 9.36 Å². The van der Waals surface area contributed by atoms with Crippen molar-refractivity contribution >= 4 is 0 Å². The number of aliphatic hydroxyl groups is 1. The Morgan fingerprint density at radius 3 is 2.96 bits per heavy atom. The van der Waals surface area contributed by atoms with Crippen LogP contribution in [0.3, 0.4) is 0 Å². The maximum Gasteiger partial charge on any atom is 0.0896 e. The van der Waals surface area contributed by atoms with Gasteiger partial charge in [-0.15, -0.1) is 0 Å². The molecule has 2 N–H and O–H groups in total. The molecule has 0 aromatic carbocycles. The molecule has 0 saturated carbocycles. The monoisotopic (exact) mass is 347 g/mol. The van der Waals surface area contributed by atoms with E-state index < -0.39 is 0 Å². The first kappa shape index (κ1) is 18.1. The van der Waals surface area contributed by atoms with Crippen LogP contribution in [0.25, 0.3) is 0 Å². The van der Waals surface area contributed by atoms with Gasteiger partial charge in [0.25, 0.3) is 0 Å². The molecule has 7 nitrogen and oxygen atoms in total. The molecule has 0 spiro atoms. The van der Waals surface area contributed by atoms with Crippen LogP contribution in [0.15, 0.2) is 12.4 Å². The third-order valence-corrected chi connectivity index (χ3v) is 5.07. The molecule has 1 saturated heterocycles. The highest BCUT2D eigenvalue weighted by molar-refractivity contribution is 5.24. The number of hydrogen-bond acceptors (Lipinski definition) is 5. The van der Waals surface area contributed by atoms with E-state index in [0.29, 0.717) is 12.5 Å². The smallest absolute Gasteiger partial charge is 0.0896 e. The minimum Gasteiger partial charge on any atom is -0.394 e. The summed E-state index contributed by atoms with van der Waals surface area (Å²) in [5.41, 5.74) is 4.56. The van der Waals surface area contributed by atoms with Gasteiger partial charge >= 0.3 is 0 Å². The minimum atomic E-state index is 0.112. The molecule has 2 atom stereocenters. The Bertz CT molecular complexity index is 694. The second-order valence-corrected chi connectivity index (χ2v) is 6.70. The summed E-state index contributed by atoms with van der Waals surface area (Å²) in [7, 11) is 0. The Balaban J connectivity index is 1.58. The predicted molar refractivity (Wildman–Crippen MR) is 95.2 cm³/mol. The molecule has 25 heavy (non-hydrogen) atoms. The summed E-state index contributed by atoms with van der Waals surface area (Å²) in [6.07, 6.45) is 5.22. The average molecular weight is 347 g/mol. The summed E-state index contributed by atoms with van der Waals surface area (Å²) < 4.78 is 9.79. The summed E-state index contributed by atoms with van der Waals surface area (Å²) >= 11 is 0. The molecule has 0 bridgehead atoms. The first-order valence-corrected chi connectivity index (χ1v) is 9.12. The van der Waals surface area contributed by atoms with E-state index in [9.17, 15) is 0 Å². The third-order valence-electron chi connectivity index (χ3n) is 5.07. The molecule has 1 aliphatic heterocycles. The van der Waals surface area contributed by atoms with Crippen molar-refractivity contribution in [2.75, 3.05) is 19.8 Å². The van der Waals surface area contributed by atoms with Crippen molar-refractivity contribution < 1.29 is 9.84 Å². The van der Waals surface area contributed by atoms with Crippen molar-refractivity contribution in [2.45, 2.75) is 52.9 Å². The Kier molecular flexibility index (Phi) is 5.88. The van der Waals surface area contributed by atoms with Crippen LogP contribution >= 0.6 is 0 Å². The molecular weight excluding hydrogens is 318 g/mol. The molecule has 1 fully saturated rings. The van der Waals surface area contributed by atoms with Crippen molar-refractivity contribution in [3.8, 4) is 0 Å². The average Bonchev–Trinajstić information content (AvgIpc) is 3.30. The number of hydrogen-bond donors (Lipinski definition) is 2. The second-order valence-electron chi connectivity index (χ2n) is 6.70. The molecule has 1 aliphatic rings. The van der Waals surface area contributed by atoms with Gasteiger partial charge in [0.2, 0.25) is 0 Å². The van der Waals surface area contributed by atoms with Gasteiger partial charge in [-0.2, -0.15) is 10.2 Å². The van der Waals surface area contributed by atoms with Gasteiger partial charge in [0.05, 0.1) is 31.1 Å². The van der Waals surface area contributed by atoms with Crippen LogP contribution < -0.4 is 5.32 Å². The van der Waals surface area contributed by atoms with Crippen LogP contribution in [0.4, 0.5) is 0 Å². The number of rotatable bonds is 8. The van der Waals surface area contributed by atoms with E-state index in [2.05, 4.69) is 35.6 Å². The summed E-state index contributed by atoms with van der Waals surface area (Å²) in [4.78, 5) is 0. The van der Waals surface area contributed by atoms with Crippen molar-refractivity contribution in [2.24, 2.45) is 5.92 Å². The maximum atomic E-state index is 9.12. The highest BCUT2D eigenvalue weighted by Crippen LogP contribution is 2.33. The molecule has 0 aliphatic carbocycles. The topological polar surface area (TPSA) is 77.1 Å². The van der Waals surface area contributed by atoms with Crippen molar-refractivity contribution in [1.82, 2.24) is 24.9 Å². The molecule has 2 aromatic heterocycles. The lowest BCUT2D eigenvalue weighted by molar-refractivity contribution is 0.0903. The fraction of sp³-hybridized carbons (Fsp3) is 0.667. The lowest BCUT2D eigenvalue weighted by atomic mass is 9.97. The van der Waals surface area contributed by atoms with E-state index in [-0.39, 0.29) is 12.7 Å². The van der Waals surface area contributed by atoms with Crippen LogP contribution in [0, 0.1) is 19.8 Å². The van der Waals surface area contributed by atoms with Gasteiger partial charge in [-0.05, 0) is 27.2 Å². The lowest BCUT2D eigenvalue weighted by Gasteiger charge is -2.18. The Morgan fingerprint density at radius 1 is 1.40 bits per heavy atom. The normalized spacial score (nSPS) is 20.5. The molecule has 0 unspecified atom stereocenters. The number of nitrogens with zero attached hydrogens (tertiary/aromatic N) is 4. The van der Waals surface area contributed by atoms with Gasteiger partial charge in [0, 0.05) is 55.2 Å². The SMILES string of the molecule is CCn1cc([C@@H]2OCC[C@@H]2CNCc2c(C)nn(CCO)c2C)cn1. The van der Waals surface area contributed by atoms with Crippen LogP contribution in [0.1, 0.15) is 42.0 Å². The predicted octanol–water partition coefficient (Wildman–Crippen LogP) is 1.58. The molecule has 7 heteroatoms. The van der Waals surface area contributed by atoms with E-state index >= 15 is 0 Å². The van der Waals surface area contributed by atoms with Gasteiger partial charge in [0.1, 0.15) is 0 Å². The third kappa shape index (κ3) is 3.94. The zero-order valence-electron chi connectivity index (χ0n) is 15.4. The first-order valence-electron chi connectivity index (χ1n) is 9.12. The van der Waals surface area contributed by atoms with Crippen molar-refractivity contribution in [3.05, 3.63) is 34.9 Å². The van der Waals surface area contributed by atoms with Gasteiger partial charge in [-0.1, -0.05) is 0 Å². The van der Waals surface area contributed by atoms with Gasteiger partial charge in [0.15, 0.2) is 0 Å². The largest absolute Gasteiger partial charge is 0.394 e. The van der Waals surface area contributed by atoms with Crippen molar-refractivity contribution in [3.63, 3.8) is 0 Å². The summed E-state index contributed by atoms with van der Waals surface area (Å²) in [5, 5.41) is 21.6. The molecule has 3 heterocycles. The first-order chi connectivity index (χ1) is 12.1. The Labute approximate surface area is 149 Å². The van der Waals surface area contributed by atoms with Gasteiger partial charge < -0.3 is 15.2 Å². The van der Waals surface area contributed by atoms with E-state index in [4.69, 9.17) is 9.84 Å². The number of ether oxygens (including phenoxy) is 1. The highest BCUT2D eigenvalue weighted by Gasteiger charge is 2.30. The number of aryl methyl sites for hydroxylation is 2. The quantitative estimate of drug-likeness (QED) is 0.758. The number of aliphatic hydroxyl groups excluding tert-OH is 1. The van der Waals surface area contributed by atoms with E-state index in [1.54, 1.807) is 0 Å². The van der Waals surface area contributed by atoms with Gasteiger partial charge in [-0.25, -0.2) is 0 Å². The molecule has 0 amide bonds. The van der Waals surface area contributed by atoms with Crippen LogP contribution in [0.2, 0.25) is 0 Å². The highest BCUT2D eigenvalue weighted by atomic mass is 16.5. The van der Waals surface area contributed by atoms with Crippen LogP contribution in [-0.4, -0.2) is 44.4 Å². The van der Waals surface area contributed by atoms with E-state index in [0.717, 1.165) is 44.0 Å². The molecule has 2 aromatic rings. The standard InChI is InChI=1S/C18H29N5O2/c1-4-22-12-16(10-20-22)18-15(5-8-25-18)9-19-11-17-13(2)21-23(6-7-24)14(17)3/h10,12,15,18-19,24H,4-9,11H2,1-3H3/t15-,18-/m1/s1. The van der Waals surface area contributed by atoms with E-state index in [1.807, 2.05) is 22.5 Å². The minimum absolute atomic E-state index is 0.112. The lowest BCUT2D eigenvalue weighted by Crippen LogP contribution is -2.25. The zero-order chi connectivity index (χ0) is 17.8. The molecular formula is C18H29N5O2. The Hall–Kier alpha value is -1.70. The number of aromatic nitrogens is 4. The molecule has 138 valence electrons. The van der Waals surface area contributed by atoms with Crippen LogP contribution in [-0.2, 0) is 24.4 Å². The maximum absolute atomic E-state index is 9.12. The Morgan fingerprint density at radius 2 is 2.24 bits per heavy atom. The second kappa shape index (κ2) is 8.12. The summed E-state index contributed by atoms with van der Waals surface area (Å²) in [5.74, 6) is 0.461. The fourth-order valence-corrected chi connectivity index (χ4v) is 3.60.